The third-order valence-electron chi connectivity index (χ3n) is 5.98. The summed E-state index contributed by atoms with van der Waals surface area (Å²) < 4.78 is 12.9. The number of Topliss-reactive ketones (excluding diaryl/α,β-unsaturated/α-hetero) is 1. The summed E-state index contributed by atoms with van der Waals surface area (Å²) in [5.41, 5.74) is 0.567. The van der Waals surface area contributed by atoms with E-state index in [1.54, 1.807) is 7.11 Å². The Labute approximate surface area is 199 Å². The molecule has 0 spiro atoms. The first-order valence-electron chi connectivity index (χ1n) is 11.5. The number of unbranched alkanes of at least 4 members (excludes halogenated alkanes) is 1. The van der Waals surface area contributed by atoms with Crippen LogP contribution in [-0.4, -0.2) is 21.2 Å². The number of rotatable bonds is 10. The second kappa shape index (κ2) is 10.7. The van der Waals surface area contributed by atoms with E-state index in [1.165, 1.54) is 10.4 Å². The number of benzene rings is 3. The van der Waals surface area contributed by atoms with Crippen molar-refractivity contribution in [2.24, 2.45) is 0 Å². The van der Waals surface area contributed by atoms with Crippen LogP contribution in [0.25, 0.3) is 0 Å². The van der Waals surface area contributed by atoms with E-state index in [-0.39, 0.29) is 10.8 Å². The van der Waals surface area contributed by atoms with Crippen molar-refractivity contribution in [1.82, 2.24) is 0 Å². The van der Waals surface area contributed by atoms with E-state index >= 15 is 0 Å². The normalized spacial score (nSPS) is 11.6. The molecule has 0 unspecified atom stereocenters. The SMILES string of the molecule is C=CCCCC(=O)c1cccc(O[Si](c2ccccc2)(c2ccccc2)C(C)(C)C)c1OC. The van der Waals surface area contributed by atoms with Gasteiger partial charge in [0.15, 0.2) is 11.5 Å². The lowest BCUT2D eigenvalue weighted by Gasteiger charge is -2.43. The summed E-state index contributed by atoms with van der Waals surface area (Å²) in [5, 5.41) is 2.16. The Balaban J connectivity index is 2.18. The number of carbonyl (C=O) groups is 1. The van der Waals surface area contributed by atoms with Crippen molar-refractivity contribution < 1.29 is 14.0 Å². The van der Waals surface area contributed by atoms with Crippen molar-refractivity contribution in [2.45, 2.75) is 45.1 Å². The molecule has 33 heavy (non-hydrogen) atoms. The molecule has 0 amide bonds. The molecule has 0 radical (unpaired) electrons. The van der Waals surface area contributed by atoms with Gasteiger partial charge in [-0.25, -0.2) is 0 Å². The fourth-order valence-electron chi connectivity index (χ4n) is 4.38. The van der Waals surface area contributed by atoms with Gasteiger partial charge in [0.25, 0.3) is 0 Å². The summed E-state index contributed by atoms with van der Waals surface area (Å²) in [4.78, 5) is 13.0. The lowest BCUT2D eigenvalue weighted by atomic mass is 10.0. The van der Waals surface area contributed by atoms with Gasteiger partial charge in [-0.1, -0.05) is 93.6 Å². The Hall–Kier alpha value is -3.11. The highest BCUT2D eigenvalue weighted by Gasteiger charge is 2.52. The minimum atomic E-state index is -2.83. The summed E-state index contributed by atoms with van der Waals surface area (Å²) >= 11 is 0. The molecule has 0 saturated carbocycles. The van der Waals surface area contributed by atoms with E-state index in [9.17, 15) is 4.79 Å². The largest absolute Gasteiger partial charge is 0.531 e. The predicted molar refractivity (Wildman–Crippen MR) is 140 cm³/mol. The van der Waals surface area contributed by atoms with Gasteiger partial charge >= 0.3 is 8.32 Å². The number of ketones is 1. The van der Waals surface area contributed by atoms with Gasteiger partial charge in [0, 0.05) is 6.42 Å². The van der Waals surface area contributed by atoms with Gasteiger partial charge in [0.2, 0.25) is 0 Å². The van der Waals surface area contributed by atoms with E-state index in [2.05, 4.69) is 75.9 Å². The fourth-order valence-corrected chi connectivity index (χ4v) is 8.80. The zero-order chi connectivity index (χ0) is 23.9. The highest BCUT2D eigenvalue weighted by molar-refractivity contribution is 7.00. The third kappa shape index (κ3) is 5.12. The topological polar surface area (TPSA) is 35.5 Å². The maximum atomic E-state index is 13.0. The average molecular weight is 459 g/mol. The van der Waals surface area contributed by atoms with Crippen LogP contribution in [0.3, 0.4) is 0 Å². The minimum absolute atomic E-state index is 0.0570. The van der Waals surface area contributed by atoms with Gasteiger partial charge in [-0.3, -0.25) is 4.79 Å². The minimum Gasteiger partial charge on any atom is -0.531 e. The first kappa shape index (κ1) is 24.5. The first-order chi connectivity index (χ1) is 15.8. The predicted octanol–water partition coefficient (Wildman–Crippen LogP) is 6.17. The number of methoxy groups -OCH3 is 1. The summed E-state index contributed by atoms with van der Waals surface area (Å²) in [6.07, 6.45) is 3.87. The van der Waals surface area contributed by atoms with Crippen LogP contribution < -0.4 is 19.5 Å². The second-order valence-electron chi connectivity index (χ2n) is 9.21. The summed E-state index contributed by atoms with van der Waals surface area (Å²) in [7, 11) is -1.23. The van der Waals surface area contributed by atoms with Crippen LogP contribution in [0.15, 0.2) is 91.5 Å². The fraction of sp³-hybridized carbons (Fsp3) is 0.276. The van der Waals surface area contributed by atoms with Crippen LogP contribution in [0.4, 0.5) is 0 Å². The van der Waals surface area contributed by atoms with Crippen LogP contribution >= 0.6 is 0 Å². The molecule has 0 fully saturated rings. The van der Waals surface area contributed by atoms with Gasteiger partial charge in [-0.2, -0.15) is 0 Å². The van der Waals surface area contributed by atoms with Crippen LogP contribution in [0, 0.1) is 0 Å². The molecule has 0 aromatic heterocycles. The smallest absolute Gasteiger partial charge is 0.320 e. The van der Waals surface area contributed by atoms with Crippen molar-refractivity contribution in [2.75, 3.05) is 7.11 Å². The Bertz CT molecular complexity index is 1030. The maximum Gasteiger partial charge on any atom is 0.320 e. The van der Waals surface area contributed by atoms with Gasteiger partial charge < -0.3 is 9.16 Å². The molecule has 0 aliphatic carbocycles. The van der Waals surface area contributed by atoms with E-state index in [4.69, 9.17) is 9.16 Å². The summed E-state index contributed by atoms with van der Waals surface area (Å²) in [6.45, 7) is 10.4. The zero-order valence-electron chi connectivity index (χ0n) is 20.1. The highest BCUT2D eigenvalue weighted by Crippen LogP contribution is 2.41. The van der Waals surface area contributed by atoms with Crippen LogP contribution in [0.2, 0.25) is 5.04 Å². The number of hydrogen-bond acceptors (Lipinski definition) is 3. The Kier molecular flexibility index (Phi) is 7.93. The number of carbonyl (C=O) groups excluding carboxylic acids is 1. The zero-order valence-corrected chi connectivity index (χ0v) is 21.1. The Morgan fingerprint density at radius 2 is 1.48 bits per heavy atom. The van der Waals surface area contributed by atoms with E-state index in [0.29, 0.717) is 23.5 Å². The molecule has 172 valence electrons. The first-order valence-corrected chi connectivity index (χ1v) is 13.4. The standard InChI is InChI=1S/C29H34O3Si/c1-6-7-10-21-26(30)25-20-15-22-27(28(25)31-5)32-33(29(2,3)4,23-16-11-8-12-17-23)24-18-13-9-14-19-24/h6,8-9,11-20,22H,1,7,10,21H2,2-5H3. The molecule has 3 aromatic rings. The molecule has 0 atom stereocenters. The van der Waals surface area contributed by atoms with E-state index < -0.39 is 8.32 Å². The Morgan fingerprint density at radius 1 is 0.909 bits per heavy atom. The molecule has 4 heteroatoms. The molecule has 0 saturated heterocycles. The molecule has 0 aliphatic heterocycles. The summed E-state index contributed by atoms with van der Waals surface area (Å²) in [6, 6.07) is 26.5. The number of hydrogen-bond donors (Lipinski definition) is 0. The van der Waals surface area contributed by atoms with E-state index in [1.807, 2.05) is 36.4 Å². The number of allylic oxidation sites excluding steroid dienone is 1. The van der Waals surface area contributed by atoms with Gasteiger partial charge in [0.1, 0.15) is 5.75 Å². The van der Waals surface area contributed by atoms with Gasteiger partial charge in [-0.05, 0) is 40.4 Å². The summed E-state index contributed by atoms with van der Waals surface area (Å²) in [5.74, 6) is 1.18. The number of para-hydroxylation sites is 1. The monoisotopic (exact) mass is 458 g/mol. The Morgan fingerprint density at radius 3 is 1.97 bits per heavy atom. The maximum absolute atomic E-state index is 13.0. The van der Waals surface area contributed by atoms with Crippen molar-refractivity contribution in [3.05, 3.63) is 97.1 Å². The molecule has 3 aromatic carbocycles. The molecular formula is C29H34O3Si. The molecule has 0 aliphatic rings. The van der Waals surface area contributed by atoms with E-state index in [0.717, 1.165) is 12.8 Å². The van der Waals surface area contributed by atoms with Crippen molar-refractivity contribution in [3.63, 3.8) is 0 Å². The van der Waals surface area contributed by atoms with Crippen molar-refractivity contribution >= 4 is 24.5 Å². The van der Waals surface area contributed by atoms with Crippen molar-refractivity contribution in [3.8, 4) is 11.5 Å². The second-order valence-corrected chi connectivity index (χ2v) is 13.4. The van der Waals surface area contributed by atoms with Crippen LogP contribution in [0.1, 0.15) is 50.4 Å². The van der Waals surface area contributed by atoms with Crippen LogP contribution in [-0.2, 0) is 0 Å². The molecule has 3 rings (SSSR count). The average Bonchev–Trinajstić information content (AvgIpc) is 2.82. The highest BCUT2D eigenvalue weighted by atomic mass is 28.4. The molecule has 0 bridgehead atoms. The lowest BCUT2D eigenvalue weighted by molar-refractivity contribution is 0.0977. The lowest BCUT2D eigenvalue weighted by Crippen LogP contribution is -2.68. The van der Waals surface area contributed by atoms with Crippen molar-refractivity contribution in [1.29, 1.82) is 0 Å². The molecule has 0 heterocycles. The molecule has 3 nitrogen and oxygen atoms in total. The third-order valence-corrected chi connectivity index (χ3v) is 10.9. The quantitative estimate of drug-likeness (QED) is 0.158. The van der Waals surface area contributed by atoms with Crippen LogP contribution in [0.5, 0.6) is 11.5 Å². The van der Waals surface area contributed by atoms with Gasteiger partial charge in [-0.15, -0.1) is 6.58 Å². The van der Waals surface area contributed by atoms with Gasteiger partial charge in [0.05, 0.1) is 12.7 Å². The molecule has 0 N–H and O–H groups in total. The number of ether oxygens (including phenoxy) is 1. The molecular weight excluding hydrogens is 424 g/mol.